The van der Waals surface area contributed by atoms with E-state index in [2.05, 4.69) is 0 Å². The Hall–Kier alpha value is -3.33. The molecule has 0 bridgehead atoms. The zero-order valence-electron chi connectivity index (χ0n) is 18.9. The van der Waals surface area contributed by atoms with Crippen LogP contribution in [0.1, 0.15) is 28.8 Å². The molecule has 0 spiro atoms. The van der Waals surface area contributed by atoms with E-state index < -0.39 is 86.8 Å². The number of hydrogen-bond acceptors (Lipinski definition) is 12. The fourth-order valence-electron chi connectivity index (χ4n) is 5.79. The number of phenolic OH excluding ortho intramolecular Hbond substituents is 1. The van der Waals surface area contributed by atoms with Gasteiger partial charge in [0.2, 0.25) is 5.78 Å². The van der Waals surface area contributed by atoms with E-state index in [1.165, 1.54) is 31.1 Å². The molecule has 0 heterocycles. The summed E-state index contributed by atoms with van der Waals surface area (Å²) in [6.07, 6.45) is -1.62. The standard InChI is InChI=1S/C22H25N3O10/c1-7-8-5-4-6-9(26)11(8)16(27)12-10(7)18(35-25(33)34)14-15(24(2)3)17(28)13(21(23)31)20(30)22(14,32)19(12)29/h4-7,10,14-15,18,26,28-29,32-34H,1-3H3,(H2,23,31)/t7-,10+,14+,15-,18-,22-/m0/s1. The number of fused-ring (bicyclic) bond motifs is 3. The fourth-order valence-corrected chi connectivity index (χ4v) is 5.79. The highest BCUT2D eigenvalue weighted by atomic mass is 17.1. The van der Waals surface area contributed by atoms with Crippen molar-refractivity contribution in [2.45, 2.75) is 30.6 Å². The Bertz CT molecular complexity index is 1210. The minimum atomic E-state index is -3.03. The van der Waals surface area contributed by atoms with Crippen molar-refractivity contribution in [2.75, 3.05) is 14.1 Å². The third-order valence-corrected chi connectivity index (χ3v) is 7.18. The van der Waals surface area contributed by atoms with E-state index in [1.54, 1.807) is 13.0 Å². The van der Waals surface area contributed by atoms with Crippen molar-refractivity contribution in [1.29, 1.82) is 0 Å². The normalized spacial score (nSPS) is 32.6. The number of Topliss-reactive ketones (excluding diaryl/α,β-unsaturated/α-hetero) is 2. The molecule has 3 aliphatic rings. The van der Waals surface area contributed by atoms with Crippen LogP contribution in [0.2, 0.25) is 0 Å². The number of nitrogens with zero attached hydrogens (tertiary/aromatic N) is 2. The van der Waals surface area contributed by atoms with Crippen molar-refractivity contribution in [1.82, 2.24) is 10.3 Å². The highest BCUT2D eigenvalue weighted by Crippen LogP contribution is 2.56. The number of rotatable bonds is 4. The average molecular weight is 491 g/mol. The van der Waals surface area contributed by atoms with Gasteiger partial charge in [-0.25, -0.2) is 4.84 Å². The molecule has 3 aliphatic carbocycles. The molecule has 0 saturated heterocycles. The minimum Gasteiger partial charge on any atom is -0.510 e. The number of hydrogen-bond donors (Lipinski definition) is 7. The molecule has 188 valence electrons. The average Bonchev–Trinajstić information content (AvgIpc) is 2.75. The topological polar surface area (TPSA) is 214 Å². The Morgan fingerprint density at radius 2 is 1.77 bits per heavy atom. The summed E-state index contributed by atoms with van der Waals surface area (Å²) in [5, 5.41) is 62.7. The number of aliphatic hydroxyl groups excluding tert-OH is 2. The van der Waals surface area contributed by atoms with E-state index >= 15 is 0 Å². The SMILES string of the molecule is C[C@H]1c2cccc(O)c2C(=O)C2=C(O)[C@]3(O)C(=O)C(C(N)=O)=C(O)[C@@H](N(C)C)[C@@H]3[C@@H](ON(O)O)[C@@H]21. The van der Waals surface area contributed by atoms with E-state index in [0.29, 0.717) is 5.56 Å². The third kappa shape index (κ3) is 3.21. The second-order valence-electron chi connectivity index (χ2n) is 9.12. The Balaban J connectivity index is 2.10. The Morgan fingerprint density at radius 3 is 2.31 bits per heavy atom. The van der Waals surface area contributed by atoms with Gasteiger partial charge >= 0.3 is 0 Å². The van der Waals surface area contributed by atoms with Crippen LogP contribution in [0.3, 0.4) is 0 Å². The van der Waals surface area contributed by atoms with Gasteiger partial charge in [-0.15, -0.1) is 0 Å². The second kappa shape index (κ2) is 8.12. The lowest BCUT2D eigenvalue weighted by atomic mass is 9.55. The van der Waals surface area contributed by atoms with E-state index in [0.717, 1.165) is 0 Å². The van der Waals surface area contributed by atoms with Crippen molar-refractivity contribution >= 4 is 17.5 Å². The lowest BCUT2D eigenvalue weighted by Gasteiger charge is -2.54. The minimum absolute atomic E-state index is 0.176. The van der Waals surface area contributed by atoms with Gasteiger partial charge in [-0.2, -0.15) is 0 Å². The maximum absolute atomic E-state index is 13.5. The molecule has 6 atom stereocenters. The number of carbonyl (C=O) groups is 3. The highest BCUT2D eigenvalue weighted by Gasteiger charge is 2.68. The summed E-state index contributed by atoms with van der Waals surface area (Å²) < 4.78 is 0. The molecule has 13 heteroatoms. The molecule has 0 saturated carbocycles. The number of aromatic hydroxyl groups is 1. The first-order valence-electron chi connectivity index (χ1n) is 10.6. The fraction of sp³-hybridized carbons (Fsp3) is 0.409. The van der Waals surface area contributed by atoms with Crippen LogP contribution in [-0.4, -0.2) is 90.4 Å². The first kappa shape index (κ1) is 24.8. The zero-order valence-corrected chi connectivity index (χ0v) is 18.9. The van der Waals surface area contributed by atoms with Crippen LogP contribution in [0.5, 0.6) is 5.75 Å². The van der Waals surface area contributed by atoms with Crippen molar-refractivity contribution in [3.63, 3.8) is 0 Å². The molecule has 0 unspecified atom stereocenters. The monoisotopic (exact) mass is 491 g/mol. The van der Waals surface area contributed by atoms with Gasteiger partial charge < -0.3 is 26.2 Å². The number of ketones is 2. The molecular formula is C22H25N3O10. The number of aliphatic hydroxyl groups is 3. The number of likely N-dealkylation sites (N-methyl/N-ethyl adjacent to an activating group) is 1. The van der Waals surface area contributed by atoms with Crippen LogP contribution < -0.4 is 5.73 Å². The predicted octanol–water partition coefficient (Wildman–Crippen LogP) is -0.328. The summed E-state index contributed by atoms with van der Waals surface area (Å²) in [5.74, 6) is -9.73. The van der Waals surface area contributed by atoms with Crippen molar-refractivity contribution in [3.8, 4) is 5.75 Å². The van der Waals surface area contributed by atoms with Gasteiger partial charge in [0.05, 0.1) is 22.9 Å². The van der Waals surface area contributed by atoms with Gasteiger partial charge in [-0.05, 0) is 31.6 Å². The first-order valence-corrected chi connectivity index (χ1v) is 10.6. The maximum atomic E-state index is 13.5. The molecule has 0 aromatic heterocycles. The van der Waals surface area contributed by atoms with E-state index in [9.17, 15) is 45.2 Å². The summed E-state index contributed by atoms with van der Waals surface area (Å²) in [7, 11) is 2.86. The van der Waals surface area contributed by atoms with E-state index in [-0.39, 0.29) is 5.56 Å². The summed E-state index contributed by atoms with van der Waals surface area (Å²) in [6.45, 7) is 1.61. The Kier molecular flexibility index (Phi) is 5.75. The number of benzene rings is 1. The van der Waals surface area contributed by atoms with Gasteiger partial charge in [-0.3, -0.25) is 29.7 Å². The molecule has 0 aliphatic heterocycles. The molecule has 13 nitrogen and oxygen atoms in total. The van der Waals surface area contributed by atoms with Crippen molar-refractivity contribution < 1.29 is 50.1 Å². The summed E-state index contributed by atoms with van der Waals surface area (Å²) in [6, 6.07) is 2.89. The van der Waals surface area contributed by atoms with Crippen molar-refractivity contribution in [3.05, 3.63) is 52.0 Å². The molecule has 1 aromatic rings. The molecule has 1 amide bonds. The van der Waals surface area contributed by atoms with Crippen LogP contribution in [0, 0.1) is 11.8 Å². The maximum Gasteiger partial charge on any atom is 0.255 e. The van der Waals surface area contributed by atoms with Crippen LogP contribution >= 0.6 is 0 Å². The van der Waals surface area contributed by atoms with Crippen LogP contribution in [0.25, 0.3) is 0 Å². The summed E-state index contributed by atoms with van der Waals surface area (Å²) in [4.78, 5) is 45.5. The molecular weight excluding hydrogens is 466 g/mol. The van der Waals surface area contributed by atoms with E-state index in [1.807, 2.05) is 0 Å². The zero-order chi connectivity index (χ0) is 26.1. The van der Waals surface area contributed by atoms with Crippen LogP contribution in [0.4, 0.5) is 0 Å². The van der Waals surface area contributed by atoms with Gasteiger partial charge in [-0.1, -0.05) is 19.1 Å². The van der Waals surface area contributed by atoms with E-state index in [4.69, 9.17) is 10.6 Å². The molecule has 0 radical (unpaired) electrons. The van der Waals surface area contributed by atoms with Crippen molar-refractivity contribution in [2.24, 2.45) is 17.6 Å². The lowest BCUT2D eigenvalue weighted by molar-refractivity contribution is -0.513. The Labute approximate surface area is 198 Å². The first-order chi connectivity index (χ1) is 16.3. The number of primary amides is 1. The van der Waals surface area contributed by atoms with Gasteiger partial charge in [0.1, 0.15) is 28.9 Å². The van der Waals surface area contributed by atoms with Crippen LogP contribution in [-0.2, 0) is 14.4 Å². The molecule has 4 rings (SSSR count). The second-order valence-corrected chi connectivity index (χ2v) is 9.12. The predicted molar refractivity (Wildman–Crippen MR) is 114 cm³/mol. The quantitative estimate of drug-likeness (QED) is 0.213. The molecule has 0 fully saturated rings. The highest BCUT2D eigenvalue weighted by molar-refractivity contribution is 6.25. The number of amides is 1. The van der Waals surface area contributed by atoms with Gasteiger partial charge in [0.25, 0.3) is 5.91 Å². The smallest absolute Gasteiger partial charge is 0.255 e. The number of nitrogens with two attached hydrogens (primary N) is 1. The van der Waals surface area contributed by atoms with Crippen LogP contribution in [0.15, 0.2) is 40.9 Å². The molecule has 1 aromatic carbocycles. The van der Waals surface area contributed by atoms with Gasteiger partial charge in [0.15, 0.2) is 11.4 Å². The Morgan fingerprint density at radius 1 is 1.14 bits per heavy atom. The summed E-state index contributed by atoms with van der Waals surface area (Å²) in [5.41, 5.74) is 0.919. The molecule has 8 N–H and O–H groups in total. The molecule has 35 heavy (non-hydrogen) atoms. The number of carbonyl (C=O) groups excluding carboxylic acids is 3. The summed E-state index contributed by atoms with van der Waals surface area (Å²) >= 11 is 0. The largest absolute Gasteiger partial charge is 0.510 e. The lowest BCUT2D eigenvalue weighted by Crippen LogP contribution is -2.69. The number of phenols is 1. The third-order valence-electron chi connectivity index (χ3n) is 7.18. The van der Waals surface area contributed by atoms with Gasteiger partial charge in [0, 0.05) is 11.5 Å².